The summed E-state index contributed by atoms with van der Waals surface area (Å²) in [7, 11) is 0. The molecule has 2 aromatic carbocycles. The Bertz CT molecular complexity index is 671. The zero-order valence-electron chi connectivity index (χ0n) is 12.6. The average molecular weight is 282 g/mol. The number of fused-ring (bicyclic) bond motifs is 1. The maximum Gasteiger partial charge on any atom is 0.145 e. The number of hydrogen-bond acceptors (Lipinski definition) is 0. The molecule has 0 radical (unpaired) electrons. The molecule has 1 heterocycles. The minimum atomic E-state index is -0.162. The highest BCUT2D eigenvalue weighted by molar-refractivity contribution is 5.57. The molecule has 0 amide bonds. The van der Waals surface area contributed by atoms with Crippen LogP contribution < -0.4 is 0 Å². The van der Waals surface area contributed by atoms with Crippen LogP contribution in [0.4, 0.5) is 4.39 Å². The molecule has 0 N–H and O–H groups in total. The summed E-state index contributed by atoms with van der Waals surface area (Å²) in [6.07, 6.45) is 4.48. The van der Waals surface area contributed by atoms with Crippen LogP contribution in [-0.2, 0) is 0 Å². The lowest BCUT2D eigenvalue weighted by Crippen LogP contribution is -2.47. The van der Waals surface area contributed by atoms with Crippen molar-refractivity contribution in [1.29, 1.82) is 0 Å². The van der Waals surface area contributed by atoms with E-state index in [0.29, 0.717) is 0 Å². The first kappa shape index (κ1) is 14.0. The molecule has 0 fully saturated rings. The lowest BCUT2D eigenvalue weighted by atomic mass is 9.88. The van der Waals surface area contributed by atoms with E-state index in [4.69, 9.17) is 0 Å². The first-order valence-corrected chi connectivity index (χ1v) is 7.60. The van der Waals surface area contributed by atoms with Crippen LogP contribution in [0.2, 0.25) is 0 Å². The van der Waals surface area contributed by atoms with E-state index in [1.807, 2.05) is 12.1 Å². The van der Waals surface area contributed by atoms with Crippen LogP contribution in [0.3, 0.4) is 0 Å². The third-order valence-electron chi connectivity index (χ3n) is 4.70. The Morgan fingerprint density at radius 3 is 2.48 bits per heavy atom. The van der Waals surface area contributed by atoms with Crippen LogP contribution in [-0.4, -0.2) is 17.6 Å². The van der Waals surface area contributed by atoms with Crippen LogP contribution in [0.25, 0.3) is 6.08 Å². The van der Waals surface area contributed by atoms with E-state index in [2.05, 4.69) is 50.4 Å². The van der Waals surface area contributed by atoms with Gasteiger partial charge in [0, 0.05) is 11.1 Å². The van der Waals surface area contributed by atoms with Gasteiger partial charge in [0.1, 0.15) is 11.9 Å². The van der Waals surface area contributed by atoms with Gasteiger partial charge in [0.05, 0.1) is 19.3 Å². The van der Waals surface area contributed by atoms with Crippen molar-refractivity contribution in [1.82, 2.24) is 0 Å². The first-order chi connectivity index (χ1) is 10.2. The maximum atomic E-state index is 13.7. The van der Waals surface area contributed by atoms with Gasteiger partial charge in [0.2, 0.25) is 0 Å². The van der Waals surface area contributed by atoms with Gasteiger partial charge in [-0.2, -0.15) is 0 Å². The van der Waals surface area contributed by atoms with E-state index in [0.717, 1.165) is 23.1 Å². The molecule has 1 nitrogen and oxygen atoms in total. The number of halogens is 1. The largest absolute Gasteiger partial charge is 0.288 e. The van der Waals surface area contributed by atoms with Crippen molar-refractivity contribution in [2.45, 2.75) is 19.9 Å². The molecule has 21 heavy (non-hydrogen) atoms. The molecule has 3 rings (SSSR count). The SMILES string of the molecule is CC[N+]1(CC)C=Cc2ccccc2C1c1cccc(F)c1. The summed E-state index contributed by atoms with van der Waals surface area (Å²) in [5, 5.41) is 0. The second-order valence-corrected chi connectivity index (χ2v) is 5.64. The van der Waals surface area contributed by atoms with Gasteiger partial charge in [-0.25, -0.2) is 4.39 Å². The molecule has 1 aliphatic rings. The van der Waals surface area contributed by atoms with Gasteiger partial charge < -0.3 is 0 Å². The molecule has 0 aliphatic carbocycles. The standard InChI is InChI=1S/C19H21FN/c1-3-21(4-2)13-12-15-8-5-6-11-18(15)19(21)16-9-7-10-17(20)14-16/h5-14,19H,3-4H2,1-2H3/q+1. The highest BCUT2D eigenvalue weighted by Gasteiger charge is 2.38. The molecule has 0 aromatic heterocycles. The number of rotatable bonds is 3. The molecule has 2 aromatic rings. The van der Waals surface area contributed by atoms with Crippen LogP contribution >= 0.6 is 0 Å². The van der Waals surface area contributed by atoms with Gasteiger partial charge in [-0.1, -0.05) is 36.4 Å². The van der Waals surface area contributed by atoms with Crippen molar-refractivity contribution >= 4 is 6.08 Å². The van der Waals surface area contributed by atoms with Crippen molar-refractivity contribution in [2.24, 2.45) is 0 Å². The molecule has 0 bridgehead atoms. The Morgan fingerprint density at radius 1 is 1.00 bits per heavy atom. The maximum absolute atomic E-state index is 13.7. The summed E-state index contributed by atoms with van der Waals surface area (Å²) in [6.45, 7) is 6.38. The van der Waals surface area contributed by atoms with Crippen LogP contribution in [0, 0.1) is 5.82 Å². The van der Waals surface area contributed by atoms with Gasteiger partial charge in [-0.15, -0.1) is 0 Å². The molecule has 108 valence electrons. The fourth-order valence-corrected chi connectivity index (χ4v) is 3.46. The van der Waals surface area contributed by atoms with E-state index in [9.17, 15) is 4.39 Å². The molecule has 2 heteroatoms. The van der Waals surface area contributed by atoms with Crippen LogP contribution in [0.15, 0.2) is 54.7 Å². The smallest absolute Gasteiger partial charge is 0.145 e. The fourth-order valence-electron chi connectivity index (χ4n) is 3.46. The van der Waals surface area contributed by atoms with E-state index >= 15 is 0 Å². The van der Waals surface area contributed by atoms with E-state index < -0.39 is 0 Å². The van der Waals surface area contributed by atoms with E-state index in [-0.39, 0.29) is 11.9 Å². The van der Waals surface area contributed by atoms with Gasteiger partial charge in [0.25, 0.3) is 0 Å². The van der Waals surface area contributed by atoms with Crippen molar-refractivity contribution in [2.75, 3.05) is 13.1 Å². The predicted molar refractivity (Wildman–Crippen MR) is 85.1 cm³/mol. The summed E-state index contributed by atoms with van der Waals surface area (Å²) in [4.78, 5) is 0. The Balaban J connectivity index is 2.22. The van der Waals surface area contributed by atoms with Crippen molar-refractivity contribution in [3.8, 4) is 0 Å². The van der Waals surface area contributed by atoms with Crippen molar-refractivity contribution < 1.29 is 8.87 Å². The third-order valence-corrected chi connectivity index (χ3v) is 4.70. The Labute approximate surface area is 125 Å². The quantitative estimate of drug-likeness (QED) is 0.712. The number of quaternary nitrogens is 1. The van der Waals surface area contributed by atoms with E-state index in [1.165, 1.54) is 17.2 Å². The average Bonchev–Trinajstić information content (AvgIpc) is 2.53. The molecule has 0 spiro atoms. The third kappa shape index (κ3) is 2.30. The molecule has 1 aliphatic heterocycles. The lowest BCUT2D eigenvalue weighted by Gasteiger charge is -2.43. The second kappa shape index (κ2) is 5.45. The topological polar surface area (TPSA) is 0 Å². The summed E-state index contributed by atoms with van der Waals surface area (Å²) in [6, 6.07) is 15.7. The number of nitrogens with zero attached hydrogens (tertiary/aromatic N) is 1. The summed E-state index contributed by atoms with van der Waals surface area (Å²) in [5.74, 6) is -0.162. The monoisotopic (exact) mass is 282 g/mol. The van der Waals surface area contributed by atoms with Gasteiger partial charge in [0.15, 0.2) is 0 Å². The lowest BCUT2D eigenvalue weighted by molar-refractivity contribution is -0.901. The predicted octanol–water partition coefficient (Wildman–Crippen LogP) is 4.76. The fraction of sp³-hybridized carbons (Fsp3) is 0.263. The van der Waals surface area contributed by atoms with Crippen LogP contribution in [0.5, 0.6) is 0 Å². The van der Waals surface area contributed by atoms with Crippen molar-refractivity contribution in [3.05, 3.63) is 77.2 Å². The zero-order chi connectivity index (χ0) is 14.9. The molecule has 0 saturated carbocycles. The van der Waals surface area contributed by atoms with Crippen LogP contribution in [0.1, 0.15) is 36.6 Å². The molecule has 1 atom stereocenters. The minimum Gasteiger partial charge on any atom is -0.288 e. The number of benzene rings is 2. The minimum absolute atomic E-state index is 0.162. The number of hydrogen-bond donors (Lipinski definition) is 0. The molecular weight excluding hydrogens is 261 g/mol. The highest BCUT2D eigenvalue weighted by Crippen LogP contribution is 2.41. The summed E-state index contributed by atoms with van der Waals surface area (Å²) >= 11 is 0. The van der Waals surface area contributed by atoms with Gasteiger partial charge in [-0.3, -0.25) is 4.48 Å². The highest BCUT2D eigenvalue weighted by atomic mass is 19.1. The second-order valence-electron chi connectivity index (χ2n) is 5.64. The summed E-state index contributed by atoms with van der Waals surface area (Å²) < 4.78 is 14.6. The van der Waals surface area contributed by atoms with Gasteiger partial charge in [-0.05, 0) is 37.6 Å². The normalized spacial score (nSPS) is 19.3. The molecular formula is C19H21FN+. The molecule has 1 unspecified atom stereocenters. The Morgan fingerprint density at radius 2 is 1.76 bits per heavy atom. The van der Waals surface area contributed by atoms with E-state index in [1.54, 1.807) is 6.07 Å². The zero-order valence-corrected chi connectivity index (χ0v) is 12.6. The summed E-state index contributed by atoms with van der Waals surface area (Å²) in [5.41, 5.74) is 3.58. The van der Waals surface area contributed by atoms with Gasteiger partial charge >= 0.3 is 0 Å². The Kier molecular flexibility index (Phi) is 3.64. The first-order valence-electron chi connectivity index (χ1n) is 7.60. The van der Waals surface area contributed by atoms with Crippen molar-refractivity contribution in [3.63, 3.8) is 0 Å². The molecule has 0 saturated heterocycles. The Hall–Kier alpha value is -1.93.